The minimum absolute atomic E-state index is 0.1000. The molecule has 2 aliphatic rings. The van der Waals surface area contributed by atoms with Gasteiger partial charge in [0.05, 0.1) is 77.2 Å². The molecule has 2 unspecified atom stereocenters. The third-order valence-corrected chi connectivity index (χ3v) is 7.84. The largest absolute Gasteiger partial charge is 0.491 e. The zero-order valence-electron chi connectivity index (χ0n) is 28.9. The molecule has 2 aliphatic heterocycles. The molecule has 2 saturated heterocycles. The highest BCUT2D eigenvalue weighted by Crippen LogP contribution is 2.28. The summed E-state index contributed by atoms with van der Waals surface area (Å²) in [4.78, 5) is 0. The molecule has 0 aliphatic carbocycles. The zero-order valence-corrected chi connectivity index (χ0v) is 28.9. The molecule has 0 saturated carbocycles. The van der Waals surface area contributed by atoms with Gasteiger partial charge < -0.3 is 47.4 Å². The Morgan fingerprint density at radius 3 is 1.20 bits per heavy atom. The number of hydrogen-bond donors (Lipinski definition) is 0. The average Bonchev–Trinajstić information content (AvgIpc) is 3.17. The van der Waals surface area contributed by atoms with Crippen LogP contribution >= 0.6 is 0 Å². The van der Waals surface area contributed by atoms with Crippen molar-refractivity contribution in [1.29, 1.82) is 10.5 Å². The van der Waals surface area contributed by atoms with Crippen LogP contribution in [0.3, 0.4) is 0 Å². The van der Waals surface area contributed by atoms with Crippen LogP contribution in [0.5, 0.6) is 11.5 Å². The second-order valence-electron chi connectivity index (χ2n) is 11.5. The van der Waals surface area contributed by atoms with Crippen molar-refractivity contribution >= 4 is 11.1 Å². The normalized spacial score (nSPS) is 18.1. The topological polar surface area (TPSA) is 140 Å². The number of nitrogens with zero attached hydrogens (tertiary/aromatic N) is 2. The van der Waals surface area contributed by atoms with Crippen molar-refractivity contribution in [3.63, 3.8) is 0 Å². The molecular weight excluding hydrogens is 644 g/mol. The third-order valence-electron chi connectivity index (χ3n) is 7.84. The molecule has 12 nitrogen and oxygen atoms in total. The minimum Gasteiger partial charge on any atom is -0.491 e. The van der Waals surface area contributed by atoms with Crippen LogP contribution in [0.1, 0.15) is 49.7 Å². The van der Waals surface area contributed by atoms with Gasteiger partial charge in [0.1, 0.15) is 36.9 Å². The molecule has 50 heavy (non-hydrogen) atoms. The molecule has 0 spiro atoms. The molecule has 272 valence electrons. The molecule has 2 atom stereocenters. The Kier molecular flexibility index (Phi) is 19.3. The van der Waals surface area contributed by atoms with Gasteiger partial charge >= 0.3 is 0 Å². The van der Waals surface area contributed by atoms with Gasteiger partial charge in [-0.2, -0.15) is 10.5 Å². The van der Waals surface area contributed by atoms with Crippen molar-refractivity contribution in [1.82, 2.24) is 0 Å². The molecule has 2 aromatic carbocycles. The zero-order chi connectivity index (χ0) is 34.9. The Bertz CT molecular complexity index is 1210. The summed E-state index contributed by atoms with van der Waals surface area (Å²) in [5.41, 5.74) is 1.79. The number of benzene rings is 2. The first-order chi connectivity index (χ1) is 24.8. The summed E-state index contributed by atoms with van der Waals surface area (Å²) in [6.07, 6.45) is 6.17. The van der Waals surface area contributed by atoms with E-state index in [2.05, 4.69) is 12.1 Å². The Morgan fingerprint density at radius 1 is 0.500 bits per heavy atom. The maximum atomic E-state index is 9.93. The average molecular weight is 695 g/mol. The van der Waals surface area contributed by atoms with Gasteiger partial charge in [-0.1, -0.05) is 0 Å². The molecule has 4 rings (SSSR count). The summed E-state index contributed by atoms with van der Waals surface area (Å²) in [7, 11) is 0. The lowest BCUT2D eigenvalue weighted by Crippen LogP contribution is -2.24. The SMILES string of the molecule is N#C/C(=C(/C#N)c1ccc(OCCOCCOCCOC2CCCCO2)cc1)c1ccc(OCCOCCOCCOC2CCCCO2)cc1. The van der Waals surface area contributed by atoms with Crippen LogP contribution in [-0.4, -0.2) is 105 Å². The first-order valence-electron chi connectivity index (χ1n) is 17.5. The fourth-order valence-corrected chi connectivity index (χ4v) is 5.21. The number of nitriles is 2. The van der Waals surface area contributed by atoms with E-state index in [1.165, 1.54) is 0 Å². The lowest BCUT2D eigenvalue weighted by molar-refractivity contribution is -0.169. The van der Waals surface area contributed by atoms with Crippen molar-refractivity contribution in [2.45, 2.75) is 51.1 Å². The smallest absolute Gasteiger partial charge is 0.157 e. The molecule has 0 amide bonds. The fraction of sp³-hybridized carbons (Fsp3) is 0.579. The van der Waals surface area contributed by atoms with Gasteiger partial charge in [-0.05, 0) is 98.2 Å². The minimum atomic E-state index is -0.1000. The standard InChI is InChI=1S/C38H50N2O10/c39-29-35(31-7-11-33(12-8-31)45-25-21-41-17-19-43-23-27-49-37-5-1-3-15-47-37)36(30-40)32-9-13-34(14-10-32)46-26-22-42-18-20-44-24-28-50-38-6-2-4-16-48-38/h7-14,37-38H,1-6,15-28H2/b36-35+. The van der Waals surface area contributed by atoms with E-state index in [9.17, 15) is 10.5 Å². The van der Waals surface area contributed by atoms with E-state index in [1.54, 1.807) is 48.5 Å². The van der Waals surface area contributed by atoms with Gasteiger partial charge in [0.15, 0.2) is 12.6 Å². The van der Waals surface area contributed by atoms with E-state index in [-0.39, 0.29) is 23.7 Å². The Hall–Kier alpha value is -3.56. The predicted octanol–water partition coefficient (Wildman–Crippen LogP) is 5.55. The van der Waals surface area contributed by atoms with Gasteiger partial charge in [-0.3, -0.25) is 0 Å². The van der Waals surface area contributed by atoms with Gasteiger partial charge in [-0.15, -0.1) is 0 Å². The fourth-order valence-electron chi connectivity index (χ4n) is 5.21. The molecule has 2 aromatic rings. The first kappa shape index (κ1) is 39.2. The molecule has 0 radical (unpaired) electrons. The van der Waals surface area contributed by atoms with Crippen LogP contribution in [0.2, 0.25) is 0 Å². The lowest BCUT2D eigenvalue weighted by atomic mass is 9.96. The van der Waals surface area contributed by atoms with E-state index in [0.29, 0.717) is 102 Å². The predicted molar refractivity (Wildman–Crippen MR) is 184 cm³/mol. The number of allylic oxidation sites excluding steroid dienone is 2. The first-order valence-corrected chi connectivity index (χ1v) is 17.5. The monoisotopic (exact) mass is 694 g/mol. The van der Waals surface area contributed by atoms with Gasteiger partial charge in [0.25, 0.3) is 0 Å². The second-order valence-corrected chi connectivity index (χ2v) is 11.5. The molecule has 2 fully saturated rings. The number of hydrogen-bond acceptors (Lipinski definition) is 12. The van der Waals surface area contributed by atoms with Crippen LogP contribution in [0.25, 0.3) is 11.1 Å². The summed E-state index contributed by atoms with van der Waals surface area (Å²) in [6.45, 7) is 6.98. The Labute approximate surface area is 295 Å². The van der Waals surface area contributed by atoms with Crippen molar-refractivity contribution in [2.75, 3.05) is 92.5 Å². The van der Waals surface area contributed by atoms with Crippen LogP contribution in [0.15, 0.2) is 48.5 Å². The van der Waals surface area contributed by atoms with Crippen molar-refractivity contribution in [3.05, 3.63) is 59.7 Å². The summed E-state index contributed by atoms with van der Waals surface area (Å²) in [5.74, 6) is 1.28. The molecule has 2 heterocycles. The third kappa shape index (κ3) is 15.1. The maximum Gasteiger partial charge on any atom is 0.157 e. The molecular formula is C38H50N2O10. The highest BCUT2D eigenvalue weighted by atomic mass is 16.7. The summed E-state index contributed by atoms with van der Waals surface area (Å²) in [6, 6.07) is 18.5. The van der Waals surface area contributed by atoms with Crippen LogP contribution < -0.4 is 9.47 Å². The quantitative estimate of drug-likeness (QED) is 0.0773. The highest BCUT2D eigenvalue weighted by Gasteiger charge is 2.15. The van der Waals surface area contributed by atoms with E-state index in [4.69, 9.17) is 47.4 Å². The maximum absolute atomic E-state index is 9.93. The molecule has 0 bridgehead atoms. The van der Waals surface area contributed by atoms with E-state index < -0.39 is 0 Å². The van der Waals surface area contributed by atoms with Crippen LogP contribution in [0.4, 0.5) is 0 Å². The van der Waals surface area contributed by atoms with Crippen molar-refractivity contribution < 1.29 is 47.4 Å². The molecule has 0 N–H and O–H groups in total. The summed E-state index contributed by atoms with van der Waals surface area (Å²) >= 11 is 0. The van der Waals surface area contributed by atoms with Gasteiger partial charge in [-0.25, -0.2) is 0 Å². The van der Waals surface area contributed by atoms with Crippen LogP contribution in [-0.2, 0) is 37.9 Å². The Morgan fingerprint density at radius 2 is 0.860 bits per heavy atom. The Balaban J connectivity index is 1.07. The number of ether oxygens (including phenoxy) is 10. The summed E-state index contributed by atoms with van der Waals surface area (Å²) in [5, 5.41) is 19.9. The van der Waals surface area contributed by atoms with Crippen molar-refractivity contribution in [3.8, 4) is 23.6 Å². The van der Waals surface area contributed by atoms with Crippen LogP contribution in [0, 0.1) is 22.7 Å². The lowest BCUT2D eigenvalue weighted by Gasteiger charge is -2.22. The highest BCUT2D eigenvalue weighted by molar-refractivity contribution is 6.02. The van der Waals surface area contributed by atoms with Crippen molar-refractivity contribution in [2.24, 2.45) is 0 Å². The van der Waals surface area contributed by atoms with E-state index in [1.807, 2.05) is 0 Å². The van der Waals surface area contributed by atoms with E-state index >= 15 is 0 Å². The molecule has 0 aromatic heterocycles. The van der Waals surface area contributed by atoms with E-state index in [0.717, 1.165) is 51.7 Å². The number of rotatable bonds is 24. The summed E-state index contributed by atoms with van der Waals surface area (Å²) < 4.78 is 56.1. The van der Waals surface area contributed by atoms with Gasteiger partial charge in [0.2, 0.25) is 0 Å². The molecule has 12 heteroatoms. The van der Waals surface area contributed by atoms with Gasteiger partial charge in [0, 0.05) is 13.2 Å². The second kappa shape index (κ2) is 24.6.